The van der Waals surface area contributed by atoms with Gasteiger partial charge in [-0.15, -0.1) is 0 Å². The first-order chi connectivity index (χ1) is 40.6. The first kappa shape index (κ1) is 77.0. The van der Waals surface area contributed by atoms with Crippen LogP contribution in [0.5, 0.6) is 0 Å². The van der Waals surface area contributed by atoms with Crippen LogP contribution in [0.2, 0.25) is 0 Å². The summed E-state index contributed by atoms with van der Waals surface area (Å²) in [7, 11) is 0. The first-order valence-electron chi connectivity index (χ1n) is 34.2. The first-order valence-corrected chi connectivity index (χ1v) is 34.2. The fourth-order valence-electron chi connectivity index (χ4n) is 10.9. The Morgan fingerprint density at radius 1 is 0.410 bits per heavy atom. The predicted molar refractivity (Wildman–Crippen MR) is 335 cm³/mol. The lowest BCUT2D eigenvalue weighted by molar-refractivity contribution is -0.332. The van der Waals surface area contributed by atoms with Gasteiger partial charge in [-0.25, -0.2) is 0 Å². The lowest BCUT2D eigenvalue weighted by Crippen LogP contribution is -2.61. The van der Waals surface area contributed by atoms with Gasteiger partial charge in [-0.05, 0) is 51.4 Å². The van der Waals surface area contributed by atoms with Crippen molar-refractivity contribution in [1.29, 1.82) is 0 Å². The number of hydrogen-bond donors (Lipinski definition) is 7. The van der Waals surface area contributed by atoms with Gasteiger partial charge in [0.05, 0.1) is 26.4 Å². The van der Waals surface area contributed by atoms with Crippen molar-refractivity contribution < 1.29 is 69.0 Å². The number of rotatable bonds is 57. The number of allylic oxidation sites excluding steroid dienone is 8. The molecule has 0 aromatic rings. The molecular formula is C69H126O14. The summed E-state index contributed by atoms with van der Waals surface area (Å²) in [4.78, 5) is 13.1. The molecule has 0 bridgehead atoms. The number of esters is 1. The number of carbonyl (C=O) groups excluding carboxylic acids is 1. The van der Waals surface area contributed by atoms with Crippen LogP contribution < -0.4 is 0 Å². The molecule has 14 nitrogen and oxygen atoms in total. The Balaban J connectivity index is 1.64. The molecule has 83 heavy (non-hydrogen) atoms. The van der Waals surface area contributed by atoms with Crippen LogP contribution in [0.15, 0.2) is 48.6 Å². The van der Waals surface area contributed by atoms with Gasteiger partial charge in [0, 0.05) is 13.0 Å². The Morgan fingerprint density at radius 2 is 0.783 bits per heavy atom. The molecule has 14 heteroatoms. The molecule has 0 aliphatic carbocycles. The largest absolute Gasteiger partial charge is 0.457 e. The highest BCUT2D eigenvalue weighted by molar-refractivity contribution is 5.69. The van der Waals surface area contributed by atoms with Gasteiger partial charge in [0.15, 0.2) is 12.6 Å². The van der Waals surface area contributed by atoms with Crippen LogP contribution in [0.3, 0.4) is 0 Å². The quantitative estimate of drug-likeness (QED) is 0.0171. The summed E-state index contributed by atoms with van der Waals surface area (Å²) in [5, 5.41) is 72.6. The minimum atomic E-state index is -1.71. The Bertz CT molecular complexity index is 1560. The Labute approximate surface area is 505 Å². The van der Waals surface area contributed by atoms with Gasteiger partial charge in [0.1, 0.15) is 54.9 Å². The van der Waals surface area contributed by atoms with E-state index in [2.05, 4.69) is 62.5 Å². The Hall–Kier alpha value is -2.05. The van der Waals surface area contributed by atoms with Gasteiger partial charge in [0.2, 0.25) is 0 Å². The zero-order valence-corrected chi connectivity index (χ0v) is 52.7. The fourth-order valence-corrected chi connectivity index (χ4v) is 10.9. The lowest BCUT2D eigenvalue weighted by Gasteiger charge is -2.42. The molecule has 2 aliphatic heterocycles. The van der Waals surface area contributed by atoms with Gasteiger partial charge in [-0.1, -0.05) is 274 Å². The summed E-state index contributed by atoms with van der Waals surface area (Å²) < 4.78 is 34.6. The van der Waals surface area contributed by atoms with E-state index in [0.29, 0.717) is 13.0 Å². The van der Waals surface area contributed by atoms with Crippen LogP contribution in [0.4, 0.5) is 0 Å². The fraction of sp³-hybridized carbons (Fsp3) is 0.870. The highest BCUT2D eigenvalue weighted by Gasteiger charge is 2.47. The Kier molecular flexibility index (Phi) is 51.3. The summed E-state index contributed by atoms with van der Waals surface area (Å²) >= 11 is 0. The second-order valence-electron chi connectivity index (χ2n) is 24.0. The predicted octanol–water partition coefficient (Wildman–Crippen LogP) is 14.2. The van der Waals surface area contributed by atoms with Crippen LogP contribution in [0, 0.1) is 0 Å². The third-order valence-electron chi connectivity index (χ3n) is 16.4. The molecule has 0 spiro atoms. The molecule has 486 valence electrons. The summed E-state index contributed by atoms with van der Waals surface area (Å²) in [6, 6.07) is 0. The van der Waals surface area contributed by atoms with E-state index in [1.807, 2.05) is 0 Å². The third-order valence-corrected chi connectivity index (χ3v) is 16.4. The molecule has 2 aliphatic rings. The van der Waals surface area contributed by atoms with Crippen molar-refractivity contribution in [2.75, 3.05) is 33.0 Å². The van der Waals surface area contributed by atoms with E-state index in [1.54, 1.807) is 0 Å². The van der Waals surface area contributed by atoms with Crippen molar-refractivity contribution in [1.82, 2.24) is 0 Å². The van der Waals surface area contributed by atoms with E-state index in [0.717, 1.165) is 64.2 Å². The monoisotopic (exact) mass is 1180 g/mol. The van der Waals surface area contributed by atoms with Crippen LogP contribution in [-0.4, -0.2) is 142 Å². The maximum atomic E-state index is 13.1. The normalized spacial score (nSPS) is 23.7. The molecule has 2 rings (SSSR count). The van der Waals surface area contributed by atoms with E-state index in [4.69, 9.17) is 28.4 Å². The van der Waals surface area contributed by atoms with Gasteiger partial charge < -0.3 is 64.2 Å². The summed E-state index contributed by atoms with van der Waals surface area (Å²) in [5.41, 5.74) is 0. The average Bonchev–Trinajstić information content (AvgIpc) is 3.69. The molecule has 2 fully saturated rings. The van der Waals surface area contributed by atoms with Crippen molar-refractivity contribution >= 4 is 5.97 Å². The molecule has 11 atom stereocenters. The molecule has 0 saturated carbocycles. The molecule has 0 aromatic carbocycles. The molecule has 2 heterocycles. The van der Waals surface area contributed by atoms with E-state index < -0.39 is 80.7 Å². The smallest absolute Gasteiger partial charge is 0.306 e. The van der Waals surface area contributed by atoms with E-state index in [-0.39, 0.29) is 25.6 Å². The highest BCUT2D eigenvalue weighted by atomic mass is 16.7. The molecule has 0 amide bonds. The maximum absolute atomic E-state index is 13.1. The SMILES string of the molecule is CC/C=C\C/C=C\C/C=C\C/C=C\CCCCCCCCCCCCCCCOCC(COC1OC(COC2OC(CO)C(O)C(O)C2O)C(O)C(O)C1O)OC(=O)CCCCCCCCCCCCCCCCCCCCCCCCC. The van der Waals surface area contributed by atoms with Gasteiger partial charge in [0.25, 0.3) is 0 Å². The Morgan fingerprint density at radius 3 is 1.23 bits per heavy atom. The number of ether oxygens (including phenoxy) is 6. The van der Waals surface area contributed by atoms with Crippen molar-refractivity contribution in [2.45, 2.75) is 351 Å². The van der Waals surface area contributed by atoms with E-state index in [1.165, 1.54) is 193 Å². The zero-order valence-electron chi connectivity index (χ0n) is 52.7. The number of carbonyl (C=O) groups is 1. The second-order valence-corrected chi connectivity index (χ2v) is 24.0. The standard InChI is InChI=1S/C69H126O14/c1-3-5-7-9-11-13-15-17-19-21-23-25-27-28-29-31-33-35-37-39-41-43-45-47-49-51-53-78-55-58(56-79-68-67(77)65(75)63(73)60(83-68)57-80-69-66(76)64(74)62(72)59(54-70)82-69)81-61(71)52-50-48-46-44-42-40-38-36-34-32-30-26-24-22-20-18-16-14-12-10-8-6-4-2/h5,7,11,13,17,19,23,25,58-60,62-70,72-77H,3-4,6,8-10,12,14-16,18,20-22,24,26-57H2,1-2H3/b7-5-,13-11-,19-17-,25-23-. The van der Waals surface area contributed by atoms with E-state index >= 15 is 0 Å². The minimum Gasteiger partial charge on any atom is -0.457 e. The molecule has 11 unspecified atom stereocenters. The van der Waals surface area contributed by atoms with Crippen LogP contribution in [-0.2, 0) is 33.2 Å². The lowest BCUT2D eigenvalue weighted by atomic mass is 9.98. The molecule has 2 saturated heterocycles. The van der Waals surface area contributed by atoms with E-state index in [9.17, 15) is 40.5 Å². The molecule has 0 radical (unpaired) electrons. The van der Waals surface area contributed by atoms with Crippen molar-refractivity contribution in [2.24, 2.45) is 0 Å². The molecular weight excluding hydrogens is 1050 g/mol. The topological polar surface area (TPSA) is 214 Å². The molecule has 0 aromatic heterocycles. The zero-order chi connectivity index (χ0) is 60.1. The summed E-state index contributed by atoms with van der Waals surface area (Å²) in [5.74, 6) is -0.370. The number of aliphatic hydroxyl groups is 7. The maximum Gasteiger partial charge on any atom is 0.306 e. The third kappa shape index (κ3) is 40.9. The van der Waals surface area contributed by atoms with Crippen LogP contribution >= 0.6 is 0 Å². The average molecular weight is 1180 g/mol. The second kappa shape index (κ2) is 55.3. The van der Waals surface area contributed by atoms with Crippen molar-refractivity contribution in [3.8, 4) is 0 Å². The summed E-state index contributed by atoms with van der Waals surface area (Å²) in [6.45, 7) is 3.64. The summed E-state index contributed by atoms with van der Waals surface area (Å²) in [6.07, 6.45) is 53.3. The van der Waals surface area contributed by atoms with Gasteiger partial charge >= 0.3 is 5.97 Å². The number of hydrogen-bond acceptors (Lipinski definition) is 14. The van der Waals surface area contributed by atoms with Gasteiger partial charge in [-0.2, -0.15) is 0 Å². The van der Waals surface area contributed by atoms with Crippen molar-refractivity contribution in [3.63, 3.8) is 0 Å². The minimum absolute atomic E-state index is 0.0636. The van der Waals surface area contributed by atoms with Crippen molar-refractivity contribution in [3.05, 3.63) is 48.6 Å². The number of unbranched alkanes of at least 4 members (excludes halogenated alkanes) is 35. The van der Waals surface area contributed by atoms with Crippen LogP contribution in [0.1, 0.15) is 284 Å². The molecule has 7 N–H and O–H groups in total. The van der Waals surface area contributed by atoms with Crippen LogP contribution in [0.25, 0.3) is 0 Å². The number of aliphatic hydroxyl groups excluding tert-OH is 7. The van der Waals surface area contributed by atoms with Gasteiger partial charge in [-0.3, -0.25) is 4.79 Å². The highest BCUT2D eigenvalue weighted by Crippen LogP contribution is 2.27.